The predicted molar refractivity (Wildman–Crippen MR) is 75.4 cm³/mol. The first-order valence-corrected chi connectivity index (χ1v) is 6.52. The predicted octanol–water partition coefficient (Wildman–Crippen LogP) is 2.08. The summed E-state index contributed by atoms with van der Waals surface area (Å²) in [7, 11) is 0. The molecule has 0 amide bonds. The van der Waals surface area contributed by atoms with E-state index >= 15 is 0 Å². The van der Waals surface area contributed by atoms with Crippen LogP contribution in [0.15, 0.2) is 35.1 Å². The van der Waals surface area contributed by atoms with Crippen molar-refractivity contribution in [1.82, 2.24) is 9.55 Å². The molecule has 5 nitrogen and oxygen atoms in total. The standard InChI is InChI=1S/C16H5F2N3O2/c17-8-4-10(18)13-11(5-8)20-15-14(22)9-3-7(6-19)1-2-12(9)21(15)16(13)23/h1-5H. The van der Waals surface area contributed by atoms with Crippen molar-refractivity contribution >= 4 is 16.7 Å². The van der Waals surface area contributed by atoms with Gasteiger partial charge in [0.05, 0.1) is 28.4 Å². The lowest BCUT2D eigenvalue weighted by atomic mass is 10.1. The minimum Gasteiger partial charge on any atom is -0.285 e. The number of hydrogen-bond acceptors (Lipinski definition) is 4. The molecule has 0 radical (unpaired) electrons. The summed E-state index contributed by atoms with van der Waals surface area (Å²) in [5.74, 6) is -2.72. The Morgan fingerprint density at radius 2 is 1.91 bits per heavy atom. The number of nitrogens with zero attached hydrogens (tertiary/aromatic N) is 3. The van der Waals surface area contributed by atoms with Gasteiger partial charge in [-0.15, -0.1) is 0 Å². The number of carbonyl (C=O) groups is 1. The van der Waals surface area contributed by atoms with Gasteiger partial charge >= 0.3 is 0 Å². The summed E-state index contributed by atoms with van der Waals surface area (Å²) in [5.41, 5.74) is -0.406. The molecular weight excluding hydrogens is 304 g/mol. The zero-order chi connectivity index (χ0) is 16.3. The SMILES string of the molecule is N#Cc1ccc2c(c1)C(=O)c1nc3cc(F)cc(F)c3c(=O)n1-2. The number of nitriles is 1. The minimum absolute atomic E-state index is 0.129. The van der Waals surface area contributed by atoms with Crippen LogP contribution >= 0.6 is 0 Å². The van der Waals surface area contributed by atoms with E-state index in [0.29, 0.717) is 6.07 Å². The molecule has 1 aliphatic heterocycles. The highest BCUT2D eigenvalue weighted by Gasteiger charge is 2.31. The van der Waals surface area contributed by atoms with Crippen molar-refractivity contribution in [2.75, 3.05) is 0 Å². The quantitative estimate of drug-likeness (QED) is 0.498. The molecule has 2 aromatic carbocycles. The van der Waals surface area contributed by atoms with E-state index in [1.807, 2.05) is 6.07 Å². The van der Waals surface area contributed by atoms with Crippen LogP contribution in [0.3, 0.4) is 0 Å². The average Bonchev–Trinajstić information content (AvgIpc) is 2.79. The molecule has 0 atom stereocenters. The monoisotopic (exact) mass is 309 g/mol. The fraction of sp³-hybridized carbons (Fsp3) is 0. The maximum Gasteiger partial charge on any atom is 0.269 e. The summed E-state index contributed by atoms with van der Waals surface area (Å²) in [5, 5.41) is 8.52. The van der Waals surface area contributed by atoms with Crippen molar-refractivity contribution in [2.24, 2.45) is 0 Å². The second-order valence-corrected chi connectivity index (χ2v) is 5.03. The fourth-order valence-electron chi connectivity index (χ4n) is 2.71. The second kappa shape index (κ2) is 4.30. The number of halogens is 2. The van der Waals surface area contributed by atoms with Gasteiger partial charge in [-0.1, -0.05) is 0 Å². The maximum absolute atomic E-state index is 13.9. The third-order valence-corrected chi connectivity index (χ3v) is 3.70. The zero-order valence-corrected chi connectivity index (χ0v) is 11.3. The van der Waals surface area contributed by atoms with Crippen LogP contribution < -0.4 is 5.56 Å². The van der Waals surface area contributed by atoms with Crippen LogP contribution in [0.4, 0.5) is 8.78 Å². The van der Waals surface area contributed by atoms with Gasteiger partial charge in [-0.3, -0.25) is 14.2 Å². The van der Waals surface area contributed by atoms with Gasteiger partial charge in [0, 0.05) is 12.1 Å². The normalized spacial score (nSPS) is 12.1. The van der Waals surface area contributed by atoms with Crippen LogP contribution in [-0.4, -0.2) is 15.3 Å². The topological polar surface area (TPSA) is 75.8 Å². The maximum atomic E-state index is 13.9. The van der Waals surface area contributed by atoms with Crippen molar-refractivity contribution in [2.45, 2.75) is 0 Å². The van der Waals surface area contributed by atoms with Crippen molar-refractivity contribution in [3.05, 3.63) is 69.3 Å². The summed E-state index contributed by atoms with van der Waals surface area (Å²) in [6, 6.07) is 7.60. The number of hydrogen-bond donors (Lipinski definition) is 0. The first-order chi connectivity index (χ1) is 11.0. The van der Waals surface area contributed by atoms with E-state index in [1.165, 1.54) is 18.2 Å². The Bertz CT molecular complexity index is 1140. The molecule has 0 aliphatic carbocycles. The van der Waals surface area contributed by atoms with E-state index in [1.54, 1.807) is 0 Å². The minimum atomic E-state index is -1.04. The van der Waals surface area contributed by atoms with E-state index in [-0.39, 0.29) is 33.5 Å². The molecule has 7 heteroatoms. The Balaban J connectivity index is 2.16. The molecule has 3 aromatic rings. The van der Waals surface area contributed by atoms with Crippen LogP contribution in [0, 0.1) is 23.0 Å². The lowest BCUT2D eigenvalue weighted by Gasteiger charge is -2.06. The lowest BCUT2D eigenvalue weighted by Crippen LogP contribution is -2.22. The number of carbonyl (C=O) groups excluding carboxylic acids is 1. The summed E-state index contributed by atoms with van der Waals surface area (Å²) in [6.45, 7) is 0. The number of benzene rings is 2. The average molecular weight is 309 g/mol. The van der Waals surface area contributed by atoms with Crippen molar-refractivity contribution in [1.29, 1.82) is 5.26 Å². The Morgan fingerprint density at radius 1 is 1.13 bits per heavy atom. The molecule has 1 aromatic heterocycles. The van der Waals surface area contributed by atoms with Crippen LogP contribution in [0.25, 0.3) is 16.6 Å². The summed E-state index contributed by atoms with van der Waals surface area (Å²) < 4.78 is 28.3. The molecule has 0 spiro atoms. The molecule has 0 N–H and O–H groups in total. The van der Waals surface area contributed by atoms with E-state index in [2.05, 4.69) is 4.98 Å². The molecule has 0 unspecified atom stereocenters. The fourth-order valence-corrected chi connectivity index (χ4v) is 2.71. The summed E-state index contributed by atoms with van der Waals surface area (Å²) in [4.78, 5) is 28.9. The highest BCUT2D eigenvalue weighted by atomic mass is 19.1. The third kappa shape index (κ3) is 1.66. The van der Waals surface area contributed by atoms with Crippen LogP contribution in [-0.2, 0) is 0 Å². The lowest BCUT2D eigenvalue weighted by molar-refractivity contribution is 0.103. The highest BCUT2D eigenvalue weighted by molar-refractivity contribution is 6.13. The smallest absolute Gasteiger partial charge is 0.269 e. The van der Waals surface area contributed by atoms with Crippen LogP contribution in [0.2, 0.25) is 0 Å². The van der Waals surface area contributed by atoms with Gasteiger partial charge in [0.15, 0.2) is 5.82 Å². The van der Waals surface area contributed by atoms with Gasteiger partial charge in [-0.05, 0) is 18.2 Å². The molecule has 110 valence electrons. The molecule has 2 heterocycles. The molecule has 1 aliphatic rings. The first-order valence-electron chi connectivity index (χ1n) is 6.52. The molecule has 0 fully saturated rings. The largest absolute Gasteiger partial charge is 0.285 e. The van der Waals surface area contributed by atoms with E-state index < -0.39 is 23.0 Å². The van der Waals surface area contributed by atoms with Gasteiger partial charge in [0.2, 0.25) is 5.78 Å². The van der Waals surface area contributed by atoms with Gasteiger partial charge in [-0.2, -0.15) is 5.26 Å². The van der Waals surface area contributed by atoms with Gasteiger partial charge in [-0.25, -0.2) is 13.8 Å². The molecular formula is C16H5F2N3O2. The van der Waals surface area contributed by atoms with Gasteiger partial charge < -0.3 is 0 Å². The van der Waals surface area contributed by atoms with E-state index in [0.717, 1.165) is 10.6 Å². The molecule has 0 saturated carbocycles. The van der Waals surface area contributed by atoms with Crippen LogP contribution in [0.5, 0.6) is 0 Å². The summed E-state index contributed by atoms with van der Waals surface area (Å²) in [6.07, 6.45) is 0. The van der Waals surface area contributed by atoms with Crippen molar-refractivity contribution in [3.8, 4) is 11.8 Å². The molecule has 0 saturated heterocycles. The van der Waals surface area contributed by atoms with E-state index in [4.69, 9.17) is 5.26 Å². The summed E-state index contributed by atoms with van der Waals surface area (Å²) >= 11 is 0. The Kier molecular flexibility index (Phi) is 2.48. The molecule has 4 rings (SSSR count). The number of ketones is 1. The Labute approximate surface area is 127 Å². The number of aromatic nitrogens is 2. The highest BCUT2D eigenvalue weighted by Crippen LogP contribution is 2.27. The Morgan fingerprint density at radius 3 is 2.65 bits per heavy atom. The van der Waals surface area contributed by atoms with Gasteiger partial charge in [0.1, 0.15) is 17.0 Å². The first kappa shape index (κ1) is 13.3. The van der Waals surface area contributed by atoms with Gasteiger partial charge in [0.25, 0.3) is 5.56 Å². The van der Waals surface area contributed by atoms with Crippen molar-refractivity contribution < 1.29 is 13.6 Å². The number of rotatable bonds is 0. The second-order valence-electron chi connectivity index (χ2n) is 5.03. The van der Waals surface area contributed by atoms with Crippen LogP contribution in [0.1, 0.15) is 21.7 Å². The molecule has 0 bridgehead atoms. The molecule has 23 heavy (non-hydrogen) atoms. The third-order valence-electron chi connectivity index (χ3n) is 3.70. The number of fused-ring (bicyclic) bond motifs is 4. The van der Waals surface area contributed by atoms with Crippen molar-refractivity contribution in [3.63, 3.8) is 0 Å². The van der Waals surface area contributed by atoms with E-state index in [9.17, 15) is 18.4 Å². The Hall–Kier alpha value is -3.40. The zero-order valence-electron chi connectivity index (χ0n) is 11.3.